The van der Waals surface area contributed by atoms with Crippen molar-refractivity contribution in [2.45, 2.75) is 73.9 Å². The highest BCUT2D eigenvalue weighted by Gasteiger charge is 2.38. The zero-order chi connectivity index (χ0) is 24.0. The largest absolute Gasteiger partial charge is 0.343 e. The predicted octanol–water partition coefficient (Wildman–Crippen LogP) is 4.21. The maximum absolute atomic E-state index is 12.5. The van der Waals surface area contributed by atoms with Crippen molar-refractivity contribution in [1.82, 2.24) is 25.0 Å². The number of aromatic nitrogens is 4. The zero-order valence-electron chi connectivity index (χ0n) is 19.5. The van der Waals surface area contributed by atoms with Crippen LogP contribution < -0.4 is 10.6 Å². The van der Waals surface area contributed by atoms with Crippen LogP contribution in [0.2, 0.25) is 0 Å². The molecule has 1 aromatic carbocycles. The van der Waals surface area contributed by atoms with Crippen molar-refractivity contribution in [2.24, 2.45) is 7.05 Å². The van der Waals surface area contributed by atoms with Crippen LogP contribution in [-0.4, -0.2) is 31.5 Å². The minimum absolute atomic E-state index is 0.100. The number of amides is 2. The van der Waals surface area contributed by atoms with Crippen molar-refractivity contribution >= 4 is 29.3 Å². The van der Waals surface area contributed by atoms with E-state index in [1.165, 1.54) is 6.92 Å². The molecule has 2 N–H and O–H groups in total. The summed E-state index contributed by atoms with van der Waals surface area (Å²) in [7, 11) is 1.95. The first-order chi connectivity index (χ1) is 16.4. The Balaban J connectivity index is 1.32. The number of benzene rings is 1. The second-order valence-electron chi connectivity index (χ2n) is 8.68. The van der Waals surface area contributed by atoms with Gasteiger partial charge in [-0.2, -0.15) is 4.98 Å². The van der Waals surface area contributed by atoms with Gasteiger partial charge in [0.25, 0.3) is 0 Å². The van der Waals surface area contributed by atoms with Crippen molar-refractivity contribution in [3.8, 4) is 0 Å². The predicted molar refractivity (Wildman–Crippen MR) is 128 cm³/mol. The van der Waals surface area contributed by atoms with Gasteiger partial charge in [0, 0.05) is 49.8 Å². The number of hydrogen-bond acceptors (Lipinski definition) is 7. The van der Waals surface area contributed by atoms with Gasteiger partial charge in [-0.05, 0) is 37.1 Å². The molecule has 4 rings (SSSR count). The summed E-state index contributed by atoms with van der Waals surface area (Å²) in [5, 5.41) is 11.1. The first-order valence-electron chi connectivity index (χ1n) is 11.6. The van der Waals surface area contributed by atoms with E-state index >= 15 is 0 Å². The lowest BCUT2D eigenvalue weighted by Crippen LogP contribution is -2.45. The molecule has 0 unspecified atom stereocenters. The molecule has 0 spiro atoms. The molecule has 34 heavy (non-hydrogen) atoms. The molecule has 3 aromatic rings. The van der Waals surface area contributed by atoms with Crippen LogP contribution in [0.15, 0.2) is 51.2 Å². The summed E-state index contributed by atoms with van der Waals surface area (Å²) in [6, 6.07) is 7.65. The third-order valence-corrected chi connectivity index (χ3v) is 7.04. The summed E-state index contributed by atoms with van der Waals surface area (Å²) >= 11 is 1.56. The summed E-state index contributed by atoms with van der Waals surface area (Å²) < 4.78 is 7.39. The molecule has 9 nitrogen and oxygen atoms in total. The van der Waals surface area contributed by atoms with Crippen LogP contribution >= 0.6 is 11.8 Å². The molecule has 2 heterocycles. The van der Waals surface area contributed by atoms with E-state index in [0.717, 1.165) is 54.3 Å². The second kappa shape index (κ2) is 10.9. The lowest BCUT2D eigenvalue weighted by Gasteiger charge is -2.30. The monoisotopic (exact) mass is 482 g/mol. The fraction of sp³-hybridized carbons (Fsp3) is 0.458. The standard InChI is InChI=1S/C24H30N6O3S/c1-17(31)28-24(13-5-3-4-6-14-24)22-27-21(33-29-22)12-11-20(32)26-18-7-9-19(10-8-18)34-23-25-15-16-30(23)2/h7-10,15-16H,3-6,11-14H2,1-2H3,(H,26,32)(H,28,31). The van der Waals surface area contributed by atoms with Gasteiger partial charge in [0.15, 0.2) is 11.0 Å². The Hall–Kier alpha value is -3.14. The molecule has 0 bridgehead atoms. The van der Waals surface area contributed by atoms with Crippen LogP contribution in [0.1, 0.15) is 63.6 Å². The Labute approximate surface area is 203 Å². The molecular weight excluding hydrogens is 452 g/mol. The van der Waals surface area contributed by atoms with Crippen molar-refractivity contribution < 1.29 is 14.1 Å². The minimum atomic E-state index is -0.582. The highest BCUT2D eigenvalue weighted by Crippen LogP contribution is 2.34. The van der Waals surface area contributed by atoms with E-state index in [1.807, 2.05) is 42.1 Å². The Morgan fingerprint density at radius 2 is 1.88 bits per heavy atom. The summed E-state index contributed by atoms with van der Waals surface area (Å²) in [6.07, 6.45) is 10.1. The van der Waals surface area contributed by atoms with E-state index in [0.29, 0.717) is 18.1 Å². The van der Waals surface area contributed by atoms with Crippen LogP contribution in [0, 0.1) is 0 Å². The van der Waals surface area contributed by atoms with Crippen LogP contribution in [0.3, 0.4) is 0 Å². The molecule has 0 atom stereocenters. The average molecular weight is 483 g/mol. The maximum Gasteiger partial charge on any atom is 0.227 e. The molecule has 1 aliphatic carbocycles. The highest BCUT2D eigenvalue weighted by molar-refractivity contribution is 7.99. The van der Waals surface area contributed by atoms with Gasteiger partial charge in [0.05, 0.1) is 0 Å². The normalized spacial score (nSPS) is 15.5. The molecule has 1 aliphatic rings. The van der Waals surface area contributed by atoms with Crippen LogP contribution in [0.25, 0.3) is 0 Å². The Kier molecular flexibility index (Phi) is 7.66. The topological polar surface area (TPSA) is 115 Å². The Morgan fingerprint density at radius 1 is 1.15 bits per heavy atom. The number of hydrogen-bond donors (Lipinski definition) is 2. The summed E-state index contributed by atoms with van der Waals surface area (Å²) in [5.41, 5.74) is 0.143. The molecule has 2 aromatic heterocycles. The zero-order valence-corrected chi connectivity index (χ0v) is 20.4. The molecule has 180 valence electrons. The fourth-order valence-corrected chi connectivity index (χ4v) is 5.03. The molecule has 1 fully saturated rings. The molecule has 0 radical (unpaired) electrons. The number of nitrogens with one attached hydrogen (secondary N) is 2. The summed E-state index contributed by atoms with van der Waals surface area (Å²) in [4.78, 5) is 34.2. The SMILES string of the molecule is CC(=O)NC1(c2noc(CCC(=O)Nc3ccc(Sc4nccn4C)cc3)n2)CCCCCC1. The van der Waals surface area contributed by atoms with E-state index in [9.17, 15) is 9.59 Å². The van der Waals surface area contributed by atoms with Gasteiger partial charge in [-0.25, -0.2) is 4.98 Å². The van der Waals surface area contributed by atoms with Crippen molar-refractivity contribution in [2.75, 3.05) is 5.32 Å². The number of carbonyl (C=O) groups is 2. The van der Waals surface area contributed by atoms with Crippen LogP contribution in [0.5, 0.6) is 0 Å². The summed E-state index contributed by atoms with van der Waals surface area (Å²) in [6.45, 7) is 1.52. The van der Waals surface area contributed by atoms with Gasteiger partial charge in [-0.15, -0.1) is 0 Å². The number of nitrogens with zero attached hydrogens (tertiary/aromatic N) is 4. The quantitative estimate of drug-likeness (QED) is 0.462. The van der Waals surface area contributed by atoms with Gasteiger partial charge in [0.1, 0.15) is 5.54 Å². The number of rotatable bonds is 8. The first kappa shape index (κ1) is 24.0. The maximum atomic E-state index is 12.5. The van der Waals surface area contributed by atoms with Crippen LogP contribution in [-0.2, 0) is 28.6 Å². The third kappa shape index (κ3) is 6.05. The van der Waals surface area contributed by atoms with Crippen molar-refractivity contribution in [3.63, 3.8) is 0 Å². The minimum Gasteiger partial charge on any atom is -0.343 e. The van der Waals surface area contributed by atoms with Gasteiger partial charge in [0.2, 0.25) is 17.7 Å². The molecule has 0 saturated heterocycles. The molecule has 2 amide bonds. The lowest BCUT2D eigenvalue weighted by molar-refractivity contribution is -0.121. The second-order valence-corrected chi connectivity index (χ2v) is 9.73. The number of anilines is 1. The Bertz CT molecular complexity index is 1120. The van der Waals surface area contributed by atoms with Gasteiger partial charge < -0.3 is 19.7 Å². The van der Waals surface area contributed by atoms with E-state index in [4.69, 9.17) is 4.52 Å². The lowest BCUT2D eigenvalue weighted by atomic mass is 9.89. The fourth-order valence-electron chi connectivity index (χ4n) is 4.23. The van der Waals surface area contributed by atoms with Gasteiger partial charge >= 0.3 is 0 Å². The van der Waals surface area contributed by atoms with E-state index in [1.54, 1.807) is 18.0 Å². The van der Waals surface area contributed by atoms with Crippen LogP contribution in [0.4, 0.5) is 5.69 Å². The highest BCUT2D eigenvalue weighted by atomic mass is 32.2. The Morgan fingerprint density at radius 3 is 2.53 bits per heavy atom. The third-order valence-electron chi connectivity index (χ3n) is 5.96. The van der Waals surface area contributed by atoms with Crippen molar-refractivity contribution in [1.29, 1.82) is 0 Å². The first-order valence-corrected chi connectivity index (χ1v) is 12.4. The van der Waals surface area contributed by atoms with Gasteiger partial charge in [-0.1, -0.05) is 42.6 Å². The van der Waals surface area contributed by atoms with Gasteiger partial charge in [-0.3, -0.25) is 9.59 Å². The molecule has 1 saturated carbocycles. The molecular formula is C24H30N6O3S. The summed E-state index contributed by atoms with van der Waals surface area (Å²) in [5.74, 6) is 0.689. The van der Waals surface area contributed by atoms with E-state index in [2.05, 4.69) is 25.8 Å². The smallest absolute Gasteiger partial charge is 0.227 e. The molecule has 0 aliphatic heterocycles. The number of aryl methyl sites for hydroxylation is 2. The number of carbonyl (C=O) groups excluding carboxylic acids is 2. The van der Waals surface area contributed by atoms with Crippen molar-refractivity contribution in [3.05, 3.63) is 48.4 Å². The number of imidazole rings is 1. The average Bonchev–Trinajstić information content (AvgIpc) is 3.38. The molecule has 10 heteroatoms. The van der Waals surface area contributed by atoms with E-state index < -0.39 is 5.54 Å². The van der Waals surface area contributed by atoms with E-state index in [-0.39, 0.29) is 18.2 Å².